The second-order valence-corrected chi connectivity index (χ2v) is 4.63. The van der Waals surface area contributed by atoms with E-state index in [1.165, 1.54) is 26.5 Å². The minimum Gasteiger partial charge on any atom is -0.497 e. The molecule has 0 aliphatic rings. The average Bonchev–Trinajstić information content (AvgIpc) is 2.53. The Balaban J connectivity index is 2.21. The number of rotatable bonds is 3. The molecular formula is C16H12F2N2O2. The van der Waals surface area contributed by atoms with Gasteiger partial charge in [-0.25, -0.2) is 14.4 Å². The maximum Gasteiger partial charge on any atom is 0.309 e. The zero-order valence-corrected chi connectivity index (χ0v) is 11.9. The quantitative estimate of drug-likeness (QED) is 0.694. The second kappa shape index (κ2) is 5.55. The van der Waals surface area contributed by atoms with Gasteiger partial charge in [0.05, 0.1) is 19.7 Å². The van der Waals surface area contributed by atoms with Crippen LogP contribution in [0.25, 0.3) is 22.0 Å². The molecule has 0 fully saturated rings. The van der Waals surface area contributed by atoms with Crippen LogP contribution in [0.3, 0.4) is 0 Å². The molecule has 6 heteroatoms. The SMILES string of the molecule is COc1cc(OC)cc(-c2cc3cnc(F)nc3cc2F)c1. The number of fused-ring (bicyclic) bond motifs is 1. The number of hydrogen-bond acceptors (Lipinski definition) is 4. The van der Waals surface area contributed by atoms with Crippen molar-refractivity contribution in [3.8, 4) is 22.6 Å². The molecule has 4 nitrogen and oxygen atoms in total. The van der Waals surface area contributed by atoms with Crippen LogP contribution in [0.5, 0.6) is 11.5 Å². The molecule has 3 rings (SSSR count). The lowest BCUT2D eigenvalue weighted by Crippen LogP contribution is -1.93. The molecule has 3 aromatic rings. The maximum atomic E-state index is 14.3. The van der Waals surface area contributed by atoms with E-state index in [0.717, 1.165) is 0 Å². The van der Waals surface area contributed by atoms with E-state index in [2.05, 4.69) is 9.97 Å². The lowest BCUT2D eigenvalue weighted by atomic mass is 10.0. The van der Waals surface area contributed by atoms with Crippen LogP contribution in [0.1, 0.15) is 0 Å². The van der Waals surface area contributed by atoms with Crippen molar-refractivity contribution in [1.29, 1.82) is 0 Å². The number of nitrogens with zero attached hydrogens (tertiary/aromatic N) is 2. The Morgan fingerprint density at radius 3 is 2.23 bits per heavy atom. The predicted octanol–water partition coefficient (Wildman–Crippen LogP) is 3.59. The fourth-order valence-corrected chi connectivity index (χ4v) is 2.21. The van der Waals surface area contributed by atoms with Gasteiger partial charge in [0.1, 0.15) is 17.3 Å². The summed E-state index contributed by atoms with van der Waals surface area (Å²) >= 11 is 0. The topological polar surface area (TPSA) is 44.2 Å². The van der Waals surface area contributed by atoms with E-state index in [1.807, 2.05) is 0 Å². The molecule has 0 bridgehead atoms. The molecule has 22 heavy (non-hydrogen) atoms. The van der Waals surface area contributed by atoms with Crippen molar-refractivity contribution in [3.05, 3.63) is 48.4 Å². The molecule has 0 atom stereocenters. The van der Waals surface area contributed by atoms with E-state index in [0.29, 0.717) is 28.0 Å². The normalized spacial score (nSPS) is 10.7. The van der Waals surface area contributed by atoms with Crippen molar-refractivity contribution in [2.24, 2.45) is 0 Å². The number of benzene rings is 2. The Hall–Kier alpha value is -2.76. The van der Waals surface area contributed by atoms with Gasteiger partial charge in [0.2, 0.25) is 0 Å². The van der Waals surface area contributed by atoms with Gasteiger partial charge < -0.3 is 9.47 Å². The minimum atomic E-state index is -0.886. The molecule has 0 N–H and O–H groups in total. The van der Waals surface area contributed by atoms with Crippen LogP contribution < -0.4 is 9.47 Å². The Kier molecular flexibility index (Phi) is 3.58. The van der Waals surface area contributed by atoms with Crippen LogP contribution in [0.2, 0.25) is 0 Å². The van der Waals surface area contributed by atoms with Gasteiger partial charge in [-0.05, 0) is 23.8 Å². The highest BCUT2D eigenvalue weighted by Gasteiger charge is 2.12. The molecular weight excluding hydrogens is 290 g/mol. The second-order valence-electron chi connectivity index (χ2n) is 4.63. The Bertz CT molecular complexity index is 831. The van der Waals surface area contributed by atoms with Crippen LogP contribution >= 0.6 is 0 Å². The lowest BCUT2D eigenvalue weighted by Gasteiger charge is -2.10. The zero-order valence-electron chi connectivity index (χ0n) is 11.9. The largest absolute Gasteiger partial charge is 0.497 e. The summed E-state index contributed by atoms with van der Waals surface area (Å²) in [5.74, 6) is 0.578. The van der Waals surface area contributed by atoms with Gasteiger partial charge in [-0.15, -0.1) is 0 Å². The summed E-state index contributed by atoms with van der Waals surface area (Å²) in [7, 11) is 3.04. The van der Waals surface area contributed by atoms with Gasteiger partial charge in [0.15, 0.2) is 0 Å². The van der Waals surface area contributed by atoms with Crippen LogP contribution in [0.15, 0.2) is 36.5 Å². The van der Waals surface area contributed by atoms with E-state index < -0.39 is 11.9 Å². The number of hydrogen-bond donors (Lipinski definition) is 0. The van der Waals surface area contributed by atoms with E-state index in [1.54, 1.807) is 24.3 Å². The highest BCUT2D eigenvalue weighted by molar-refractivity contribution is 5.84. The van der Waals surface area contributed by atoms with Gasteiger partial charge >= 0.3 is 6.08 Å². The van der Waals surface area contributed by atoms with Gasteiger partial charge in [0.25, 0.3) is 0 Å². The van der Waals surface area contributed by atoms with Crippen LogP contribution in [-0.4, -0.2) is 24.2 Å². The van der Waals surface area contributed by atoms with Crippen molar-refractivity contribution >= 4 is 10.9 Å². The summed E-state index contributed by atoms with van der Waals surface area (Å²) in [5.41, 5.74) is 1.13. The molecule has 0 aliphatic heterocycles. The smallest absolute Gasteiger partial charge is 0.309 e. The van der Waals surface area contributed by atoms with Crippen LogP contribution in [0.4, 0.5) is 8.78 Å². The Labute approximate surface area is 125 Å². The highest BCUT2D eigenvalue weighted by Crippen LogP contribution is 2.32. The van der Waals surface area contributed by atoms with Crippen molar-refractivity contribution in [3.63, 3.8) is 0 Å². The predicted molar refractivity (Wildman–Crippen MR) is 78.0 cm³/mol. The average molecular weight is 302 g/mol. The van der Waals surface area contributed by atoms with Crippen LogP contribution in [0, 0.1) is 11.9 Å². The fourth-order valence-electron chi connectivity index (χ4n) is 2.21. The molecule has 112 valence electrons. The first-order valence-corrected chi connectivity index (χ1v) is 6.46. The van der Waals surface area contributed by atoms with E-state index in [-0.39, 0.29) is 5.52 Å². The molecule has 1 aromatic heterocycles. The van der Waals surface area contributed by atoms with Crippen molar-refractivity contribution < 1.29 is 18.3 Å². The Morgan fingerprint density at radius 2 is 1.59 bits per heavy atom. The summed E-state index contributed by atoms with van der Waals surface area (Å²) in [4.78, 5) is 7.06. The van der Waals surface area contributed by atoms with Gasteiger partial charge in [-0.1, -0.05) is 0 Å². The minimum absolute atomic E-state index is 0.212. The van der Waals surface area contributed by atoms with Crippen molar-refractivity contribution in [2.75, 3.05) is 14.2 Å². The monoisotopic (exact) mass is 302 g/mol. The summed E-state index contributed by atoms with van der Waals surface area (Å²) in [6.45, 7) is 0. The first kappa shape index (κ1) is 14.2. The third kappa shape index (κ3) is 2.55. The summed E-state index contributed by atoms with van der Waals surface area (Å²) < 4.78 is 37.7. The number of methoxy groups -OCH3 is 2. The molecule has 2 aromatic carbocycles. The molecule has 0 radical (unpaired) electrons. The molecule has 0 spiro atoms. The van der Waals surface area contributed by atoms with Crippen molar-refractivity contribution in [1.82, 2.24) is 9.97 Å². The molecule has 0 amide bonds. The fraction of sp³-hybridized carbons (Fsp3) is 0.125. The molecule has 0 saturated carbocycles. The van der Waals surface area contributed by atoms with Gasteiger partial charge in [-0.2, -0.15) is 4.39 Å². The summed E-state index contributed by atoms with van der Waals surface area (Å²) in [6.07, 6.45) is 0.431. The lowest BCUT2D eigenvalue weighted by molar-refractivity contribution is 0.394. The maximum absolute atomic E-state index is 14.3. The first-order chi connectivity index (χ1) is 10.6. The highest BCUT2D eigenvalue weighted by atomic mass is 19.1. The van der Waals surface area contributed by atoms with E-state index in [9.17, 15) is 8.78 Å². The third-order valence-corrected chi connectivity index (χ3v) is 3.30. The summed E-state index contributed by atoms with van der Waals surface area (Å²) in [5, 5.41) is 0.541. The van der Waals surface area contributed by atoms with E-state index in [4.69, 9.17) is 9.47 Å². The summed E-state index contributed by atoms with van der Waals surface area (Å²) in [6, 6.07) is 7.83. The zero-order chi connectivity index (χ0) is 15.7. The van der Waals surface area contributed by atoms with Gasteiger partial charge in [0, 0.05) is 29.3 Å². The van der Waals surface area contributed by atoms with Crippen LogP contribution in [-0.2, 0) is 0 Å². The number of ether oxygens (including phenoxy) is 2. The standard InChI is InChI=1S/C16H12F2N2O2/c1-21-11-3-9(4-12(6-11)22-2)13-5-10-8-19-16(18)20-15(10)7-14(13)17/h3-8H,1-2H3. The number of halogens is 2. The first-order valence-electron chi connectivity index (χ1n) is 6.46. The molecule has 1 heterocycles. The molecule has 0 aliphatic carbocycles. The third-order valence-electron chi connectivity index (χ3n) is 3.30. The molecule has 0 unspecified atom stereocenters. The molecule has 0 saturated heterocycles. The Morgan fingerprint density at radius 1 is 0.909 bits per heavy atom. The van der Waals surface area contributed by atoms with Crippen molar-refractivity contribution in [2.45, 2.75) is 0 Å². The number of aromatic nitrogens is 2. The van der Waals surface area contributed by atoms with E-state index >= 15 is 0 Å². The van der Waals surface area contributed by atoms with Gasteiger partial charge in [-0.3, -0.25) is 0 Å².